The molecule has 0 atom stereocenters. The number of hydrogen-bond donors (Lipinski definition) is 0. The predicted molar refractivity (Wildman–Crippen MR) is 64.6 cm³/mol. The average molecular weight is 238 g/mol. The molecule has 1 aromatic carbocycles. The molecule has 0 aliphatic rings. The zero-order chi connectivity index (χ0) is 11.7. The summed E-state index contributed by atoms with van der Waals surface area (Å²) in [4.78, 5) is 11.0. The number of carbonyl (C=O) groups is 1. The number of ether oxygens (including phenoxy) is 1. The van der Waals surface area contributed by atoms with Crippen LogP contribution in [0.4, 0.5) is 0 Å². The molecule has 0 saturated carbocycles. The van der Waals surface area contributed by atoms with Crippen LogP contribution in [0.5, 0.6) is 5.75 Å². The third kappa shape index (κ3) is 1.48. The largest absolute Gasteiger partial charge is 0.497 e. The van der Waals surface area contributed by atoms with E-state index < -0.39 is 0 Å². The van der Waals surface area contributed by atoms with Crippen molar-refractivity contribution < 1.29 is 9.53 Å². The van der Waals surface area contributed by atoms with Gasteiger partial charge in [-0.2, -0.15) is 0 Å². The Kier molecular flexibility index (Phi) is 2.88. The number of nitrogens with zero attached hydrogens (tertiary/aromatic N) is 1. The number of methoxy groups -OCH3 is 1. The summed E-state index contributed by atoms with van der Waals surface area (Å²) < 4.78 is 7.04. The lowest BCUT2D eigenvalue weighted by Gasteiger charge is -2.03. The van der Waals surface area contributed by atoms with Crippen LogP contribution in [0.2, 0.25) is 5.15 Å². The molecule has 0 fully saturated rings. The summed E-state index contributed by atoms with van der Waals surface area (Å²) in [5.74, 6) is 0.723. The van der Waals surface area contributed by atoms with Crippen molar-refractivity contribution in [2.75, 3.05) is 7.11 Å². The predicted octanol–water partition coefficient (Wildman–Crippen LogP) is 3.14. The van der Waals surface area contributed by atoms with Crippen molar-refractivity contribution in [1.82, 2.24) is 4.57 Å². The molecule has 4 heteroatoms. The molecule has 16 heavy (non-hydrogen) atoms. The van der Waals surface area contributed by atoms with Gasteiger partial charge in [-0.25, -0.2) is 0 Å². The summed E-state index contributed by atoms with van der Waals surface area (Å²) in [6, 6.07) is 5.60. The molecule has 0 radical (unpaired) electrons. The van der Waals surface area contributed by atoms with E-state index in [4.69, 9.17) is 16.3 Å². The van der Waals surface area contributed by atoms with Gasteiger partial charge in [0, 0.05) is 11.9 Å². The summed E-state index contributed by atoms with van der Waals surface area (Å²) in [6.07, 6.45) is 0.788. The molecule has 0 amide bonds. The minimum absolute atomic E-state index is 0.487. The van der Waals surface area contributed by atoms with Gasteiger partial charge in [-0.05, 0) is 25.1 Å². The highest BCUT2D eigenvalue weighted by Crippen LogP contribution is 2.31. The van der Waals surface area contributed by atoms with Gasteiger partial charge in [-0.3, -0.25) is 4.79 Å². The standard InChI is InChI=1S/C12H12ClNO2/c1-3-14-11-5-4-8(16-2)6-9(11)10(7-15)12(14)13/h4-7H,3H2,1-2H3. The number of halogens is 1. The number of rotatable bonds is 3. The van der Waals surface area contributed by atoms with Crippen LogP contribution >= 0.6 is 11.6 Å². The zero-order valence-electron chi connectivity index (χ0n) is 9.16. The van der Waals surface area contributed by atoms with Crippen molar-refractivity contribution in [1.29, 1.82) is 0 Å². The van der Waals surface area contributed by atoms with Gasteiger partial charge in [0.1, 0.15) is 10.9 Å². The topological polar surface area (TPSA) is 31.2 Å². The fourth-order valence-corrected chi connectivity index (χ4v) is 2.23. The van der Waals surface area contributed by atoms with Gasteiger partial charge in [-0.1, -0.05) is 11.6 Å². The number of benzene rings is 1. The summed E-state index contributed by atoms with van der Waals surface area (Å²) in [5.41, 5.74) is 1.48. The summed E-state index contributed by atoms with van der Waals surface area (Å²) in [5, 5.41) is 1.32. The average Bonchev–Trinajstić information content (AvgIpc) is 2.59. The van der Waals surface area contributed by atoms with Crippen molar-refractivity contribution in [2.24, 2.45) is 0 Å². The third-order valence-corrected chi connectivity index (χ3v) is 3.09. The summed E-state index contributed by atoms with van der Waals surface area (Å²) in [6.45, 7) is 2.72. The van der Waals surface area contributed by atoms with Gasteiger partial charge in [0.15, 0.2) is 6.29 Å². The molecule has 0 unspecified atom stereocenters. The van der Waals surface area contributed by atoms with Gasteiger partial charge in [-0.15, -0.1) is 0 Å². The molecule has 0 N–H and O–H groups in total. The molecule has 0 saturated heterocycles. The Morgan fingerprint density at radius 2 is 2.25 bits per heavy atom. The number of aryl methyl sites for hydroxylation is 1. The van der Waals surface area contributed by atoms with Gasteiger partial charge in [0.25, 0.3) is 0 Å². The number of fused-ring (bicyclic) bond motifs is 1. The van der Waals surface area contributed by atoms with E-state index in [1.807, 2.05) is 29.7 Å². The Balaban J connectivity index is 2.83. The van der Waals surface area contributed by atoms with E-state index >= 15 is 0 Å². The fourth-order valence-electron chi connectivity index (χ4n) is 1.88. The van der Waals surface area contributed by atoms with E-state index in [0.29, 0.717) is 10.7 Å². The molecular formula is C12H12ClNO2. The minimum Gasteiger partial charge on any atom is -0.497 e. The smallest absolute Gasteiger partial charge is 0.153 e. The van der Waals surface area contributed by atoms with Crippen molar-refractivity contribution in [3.8, 4) is 5.75 Å². The third-order valence-electron chi connectivity index (χ3n) is 2.68. The maximum atomic E-state index is 11.0. The molecule has 0 bridgehead atoms. The summed E-state index contributed by atoms with van der Waals surface area (Å²) >= 11 is 6.14. The maximum absolute atomic E-state index is 11.0. The van der Waals surface area contributed by atoms with Gasteiger partial charge < -0.3 is 9.30 Å². The Morgan fingerprint density at radius 1 is 1.50 bits per heavy atom. The van der Waals surface area contributed by atoms with Crippen LogP contribution in [0.3, 0.4) is 0 Å². The van der Waals surface area contributed by atoms with Crippen LogP contribution in [-0.2, 0) is 6.54 Å². The highest BCUT2D eigenvalue weighted by molar-refractivity contribution is 6.34. The molecule has 0 aliphatic carbocycles. The van der Waals surface area contributed by atoms with E-state index in [0.717, 1.165) is 29.5 Å². The molecule has 2 rings (SSSR count). The SMILES string of the molecule is CCn1c(Cl)c(C=O)c2cc(OC)ccc21. The van der Waals surface area contributed by atoms with Crippen LogP contribution in [0.15, 0.2) is 18.2 Å². The highest BCUT2D eigenvalue weighted by Gasteiger charge is 2.14. The van der Waals surface area contributed by atoms with Crippen LogP contribution in [0, 0.1) is 0 Å². The van der Waals surface area contributed by atoms with Crippen LogP contribution < -0.4 is 4.74 Å². The lowest BCUT2D eigenvalue weighted by molar-refractivity contribution is 0.112. The molecule has 0 aliphatic heterocycles. The molecule has 0 spiro atoms. The molecule has 84 valence electrons. The second kappa shape index (κ2) is 4.18. The first-order chi connectivity index (χ1) is 7.72. The Bertz CT molecular complexity index is 545. The second-order valence-electron chi connectivity index (χ2n) is 3.45. The minimum atomic E-state index is 0.487. The quantitative estimate of drug-likeness (QED) is 0.768. The van der Waals surface area contributed by atoms with Gasteiger partial charge in [0.05, 0.1) is 18.2 Å². The first-order valence-electron chi connectivity index (χ1n) is 5.03. The lowest BCUT2D eigenvalue weighted by atomic mass is 10.2. The zero-order valence-corrected chi connectivity index (χ0v) is 9.91. The van der Waals surface area contributed by atoms with Gasteiger partial charge in [0.2, 0.25) is 0 Å². The van der Waals surface area contributed by atoms with Crippen LogP contribution in [0.25, 0.3) is 10.9 Å². The number of carbonyl (C=O) groups excluding carboxylic acids is 1. The number of aldehydes is 1. The first-order valence-corrected chi connectivity index (χ1v) is 5.41. The van der Waals surface area contributed by atoms with E-state index in [2.05, 4.69) is 0 Å². The maximum Gasteiger partial charge on any atom is 0.153 e. The van der Waals surface area contributed by atoms with E-state index in [-0.39, 0.29) is 0 Å². The van der Waals surface area contributed by atoms with Crippen LogP contribution in [-0.4, -0.2) is 18.0 Å². The fraction of sp³-hybridized carbons (Fsp3) is 0.250. The number of aromatic nitrogens is 1. The Hall–Kier alpha value is -1.48. The van der Waals surface area contributed by atoms with Crippen LogP contribution in [0.1, 0.15) is 17.3 Å². The Morgan fingerprint density at radius 3 is 2.81 bits per heavy atom. The second-order valence-corrected chi connectivity index (χ2v) is 3.81. The molecule has 3 nitrogen and oxygen atoms in total. The summed E-state index contributed by atoms with van der Waals surface area (Å²) in [7, 11) is 1.60. The first kappa shape index (κ1) is 11.0. The molecular weight excluding hydrogens is 226 g/mol. The van der Waals surface area contributed by atoms with E-state index in [1.54, 1.807) is 7.11 Å². The molecule has 1 heterocycles. The molecule has 1 aromatic heterocycles. The van der Waals surface area contributed by atoms with E-state index in [9.17, 15) is 4.79 Å². The number of hydrogen-bond acceptors (Lipinski definition) is 2. The highest BCUT2D eigenvalue weighted by atomic mass is 35.5. The Labute approximate surface area is 98.6 Å². The molecule has 2 aromatic rings. The normalized spacial score (nSPS) is 10.7. The monoisotopic (exact) mass is 237 g/mol. The van der Waals surface area contributed by atoms with Crippen molar-refractivity contribution in [3.05, 3.63) is 28.9 Å². The van der Waals surface area contributed by atoms with Crippen molar-refractivity contribution in [3.63, 3.8) is 0 Å². The van der Waals surface area contributed by atoms with Crippen molar-refractivity contribution >= 4 is 28.8 Å². The van der Waals surface area contributed by atoms with Crippen molar-refractivity contribution in [2.45, 2.75) is 13.5 Å². The van der Waals surface area contributed by atoms with Gasteiger partial charge >= 0.3 is 0 Å². The van der Waals surface area contributed by atoms with E-state index in [1.165, 1.54) is 0 Å². The lowest BCUT2D eigenvalue weighted by Crippen LogP contribution is -1.93.